The molecule has 0 saturated carbocycles. The van der Waals surface area contributed by atoms with Crippen LogP contribution in [-0.4, -0.2) is 24.4 Å². The quantitative estimate of drug-likeness (QED) is 0.604. The van der Waals surface area contributed by atoms with E-state index in [0.717, 1.165) is 11.3 Å². The van der Waals surface area contributed by atoms with Crippen LogP contribution >= 0.6 is 22.9 Å². The summed E-state index contributed by atoms with van der Waals surface area (Å²) in [5.41, 5.74) is 0.502. The molecule has 3 rings (SSSR count). The number of thiophene rings is 1. The Morgan fingerprint density at radius 3 is 2.67 bits per heavy atom. The van der Waals surface area contributed by atoms with Crippen LogP contribution in [0, 0.1) is 0 Å². The molecule has 0 aliphatic rings. The zero-order valence-electron chi connectivity index (χ0n) is 13.7. The number of furan rings is 1. The maximum absolute atomic E-state index is 12.0. The molecule has 0 unspecified atom stereocenters. The molecule has 2 aromatic heterocycles. The van der Waals surface area contributed by atoms with E-state index < -0.39 is 24.4 Å². The molecule has 2 amide bonds. The minimum Gasteiger partial charge on any atom is -0.459 e. The lowest BCUT2D eigenvalue weighted by Crippen LogP contribution is -2.20. The first-order valence-corrected chi connectivity index (χ1v) is 8.88. The Bertz CT molecular complexity index is 968. The fraction of sp³-hybridized carbons (Fsp3) is 0.0556. The number of esters is 1. The van der Waals surface area contributed by atoms with Crippen molar-refractivity contribution < 1.29 is 23.5 Å². The van der Waals surface area contributed by atoms with Crippen LogP contribution in [0.25, 0.3) is 0 Å². The van der Waals surface area contributed by atoms with Gasteiger partial charge in [0.05, 0.1) is 11.3 Å². The molecule has 7 nitrogen and oxygen atoms in total. The monoisotopic (exact) mass is 404 g/mol. The molecule has 27 heavy (non-hydrogen) atoms. The third-order valence-electron chi connectivity index (χ3n) is 3.23. The van der Waals surface area contributed by atoms with Crippen molar-refractivity contribution in [2.24, 2.45) is 0 Å². The number of hydrogen-bond acceptors (Lipinski definition) is 6. The standard InChI is InChI=1S/C18H13ClN2O5S/c19-11-3-1-4-12(9-11)20-15(22)10-26-18(24)14-6-7-16(27-14)21-17(23)13-5-2-8-25-13/h1-9H,10H2,(H,20,22)(H,21,23). The largest absolute Gasteiger partial charge is 0.459 e. The van der Waals surface area contributed by atoms with E-state index in [4.69, 9.17) is 20.8 Å². The van der Waals surface area contributed by atoms with Gasteiger partial charge < -0.3 is 19.8 Å². The number of carbonyl (C=O) groups excluding carboxylic acids is 3. The molecule has 0 spiro atoms. The second-order valence-electron chi connectivity index (χ2n) is 5.23. The van der Waals surface area contributed by atoms with Crippen molar-refractivity contribution in [3.63, 3.8) is 0 Å². The Kier molecular flexibility index (Phi) is 5.90. The average molecular weight is 405 g/mol. The highest BCUT2D eigenvalue weighted by Gasteiger charge is 2.15. The lowest BCUT2D eigenvalue weighted by atomic mass is 10.3. The second-order valence-corrected chi connectivity index (χ2v) is 6.75. The summed E-state index contributed by atoms with van der Waals surface area (Å²) in [5, 5.41) is 6.11. The fourth-order valence-electron chi connectivity index (χ4n) is 2.06. The van der Waals surface area contributed by atoms with Gasteiger partial charge in [0, 0.05) is 10.7 Å². The van der Waals surface area contributed by atoms with Gasteiger partial charge in [0.2, 0.25) is 0 Å². The number of halogens is 1. The first-order chi connectivity index (χ1) is 13.0. The van der Waals surface area contributed by atoms with Crippen LogP contribution in [-0.2, 0) is 9.53 Å². The van der Waals surface area contributed by atoms with E-state index in [9.17, 15) is 14.4 Å². The number of rotatable bonds is 6. The molecule has 2 N–H and O–H groups in total. The summed E-state index contributed by atoms with van der Waals surface area (Å²) in [6.45, 7) is -0.447. The number of carbonyl (C=O) groups is 3. The van der Waals surface area contributed by atoms with E-state index >= 15 is 0 Å². The normalized spacial score (nSPS) is 10.3. The van der Waals surface area contributed by atoms with Crippen LogP contribution in [0.15, 0.2) is 59.2 Å². The number of anilines is 2. The molecule has 0 fully saturated rings. The van der Waals surface area contributed by atoms with Gasteiger partial charge >= 0.3 is 5.97 Å². The first-order valence-electron chi connectivity index (χ1n) is 7.68. The van der Waals surface area contributed by atoms with E-state index in [2.05, 4.69) is 10.6 Å². The van der Waals surface area contributed by atoms with Gasteiger partial charge in [-0.25, -0.2) is 4.79 Å². The summed E-state index contributed by atoms with van der Waals surface area (Å²) >= 11 is 6.86. The molecule has 0 aliphatic heterocycles. The third kappa shape index (κ3) is 5.19. The Morgan fingerprint density at radius 2 is 1.93 bits per heavy atom. The van der Waals surface area contributed by atoms with Crippen LogP contribution in [0.4, 0.5) is 10.7 Å². The first kappa shape index (κ1) is 18.7. The second kappa shape index (κ2) is 8.52. The van der Waals surface area contributed by atoms with Gasteiger partial charge in [0.15, 0.2) is 12.4 Å². The molecule has 0 radical (unpaired) electrons. The topological polar surface area (TPSA) is 97.6 Å². The molecule has 0 aliphatic carbocycles. The highest BCUT2D eigenvalue weighted by atomic mass is 35.5. The van der Waals surface area contributed by atoms with Crippen molar-refractivity contribution in [3.8, 4) is 0 Å². The van der Waals surface area contributed by atoms with E-state index in [0.29, 0.717) is 15.7 Å². The van der Waals surface area contributed by atoms with Gasteiger partial charge in [0.1, 0.15) is 4.88 Å². The smallest absolute Gasteiger partial charge is 0.348 e. The zero-order chi connectivity index (χ0) is 19.2. The van der Waals surface area contributed by atoms with Gasteiger partial charge in [-0.2, -0.15) is 0 Å². The average Bonchev–Trinajstić information content (AvgIpc) is 3.31. The lowest BCUT2D eigenvalue weighted by molar-refractivity contribution is -0.119. The van der Waals surface area contributed by atoms with Crippen LogP contribution in [0.2, 0.25) is 5.02 Å². The van der Waals surface area contributed by atoms with Crippen LogP contribution in [0.5, 0.6) is 0 Å². The molecule has 0 atom stereocenters. The van der Waals surface area contributed by atoms with Crippen molar-refractivity contribution in [2.75, 3.05) is 17.2 Å². The van der Waals surface area contributed by atoms with Gasteiger partial charge in [-0.1, -0.05) is 17.7 Å². The van der Waals surface area contributed by atoms with E-state index in [1.165, 1.54) is 18.4 Å². The predicted octanol–water partition coefficient (Wildman–Crippen LogP) is 4.04. The SMILES string of the molecule is O=C(COC(=O)c1ccc(NC(=O)c2ccco2)s1)Nc1cccc(Cl)c1. The molecular formula is C18H13ClN2O5S. The molecular weight excluding hydrogens is 392 g/mol. The Balaban J connectivity index is 1.50. The number of hydrogen-bond donors (Lipinski definition) is 2. The van der Waals surface area contributed by atoms with E-state index in [-0.39, 0.29) is 10.6 Å². The minimum atomic E-state index is -0.667. The van der Waals surface area contributed by atoms with Crippen LogP contribution < -0.4 is 10.6 Å². The number of benzene rings is 1. The minimum absolute atomic E-state index is 0.158. The summed E-state index contributed by atoms with van der Waals surface area (Å²) in [7, 11) is 0. The van der Waals surface area contributed by atoms with E-state index in [1.807, 2.05) is 0 Å². The van der Waals surface area contributed by atoms with Crippen LogP contribution in [0.3, 0.4) is 0 Å². The summed E-state index contributed by atoms with van der Waals surface area (Å²) in [6.07, 6.45) is 1.39. The number of amides is 2. The maximum atomic E-state index is 12.0. The summed E-state index contributed by atoms with van der Waals surface area (Å²) < 4.78 is 9.97. The Morgan fingerprint density at radius 1 is 1.07 bits per heavy atom. The Hall–Kier alpha value is -3.10. The summed E-state index contributed by atoms with van der Waals surface area (Å²) in [6, 6.07) is 12.8. The molecule has 1 aromatic carbocycles. The fourth-order valence-corrected chi connectivity index (χ4v) is 3.05. The maximum Gasteiger partial charge on any atom is 0.348 e. The predicted molar refractivity (Wildman–Crippen MR) is 101 cm³/mol. The van der Waals surface area contributed by atoms with Gasteiger partial charge in [-0.05, 0) is 42.5 Å². The molecule has 138 valence electrons. The van der Waals surface area contributed by atoms with Crippen LogP contribution in [0.1, 0.15) is 20.2 Å². The lowest BCUT2D eigenvalue weighted by Gasteiger charge is -2.06. The zero-order valence-corrected chi connectivity index (χ0v) is 15.3. The number of nitrogens with one attached hydrogen (secondary N) is 2. The van der Waals surface area contributed by atoms with Crippen molar-refractivity contribution in [1.29, 1.82) is 0 Å². The molecule has 0 saturated heterocycles. The summed E-state index contributed by atoms with van der Waals surface area (Å²) in [5.74, 6) is -1.43. The molecule has 3 aromatic rings. The Labute approximate surface area is 162 Å². The van der Waals surface area contributed by atoms with Crippen molar-refractivity contribution >= 4 is 51.4 Å². The van der Waals surface area contributed by atoms with Crippen molar-refractivity contribution in [2.45, 2.75) is 0 Å². The molecule has 0 bridgehead atoms. The number of ether oxygens (including phenoxy) is 1. The van der Waals surface area contributed by atoms with Crippen molar-refractivity contribution in [1.82, 2.24) is 0 Å². The highest BCUT2D eigenvalue weighted by Crippen LogP contribution is 2.23. The summed E-state index contributed by atoms with van der Waals surface area (Å²) in [4.78, 5) is 36.0. The third-order valence-corrected chi connectivity index (χ3v) is 4.45. The van der Waals surface area contributed by atoms with Gasteiger partial charge in [-0.15, -0.1) is 11.3 Å². The molecule has 9 heteroatoms. The van der Waals surface area contributed by atoms with E-state index in [1.54, 1.807) is 36.4 Å². The molecule has 2 heterocycles. The van der Waals surface area contributed by atoms with Gasteiger partial charge in [-0.3, -0.25) is 9.59 Å². The van der Waals surface area contributed by atoms with Crippen molar-refractivity contribution in [3.05, 3.63) is 70.5 Å². The highest BCUT2D eigenvalue weighted by molar-refractivity contribution is 7.18. The van der Waals surface area contributed by atoms with Gasteiger partial charge in [0.25, 0.3) is 11.8 Å².